The topological polar surface area (TPSA) is 32.8 Å². The lowest BCUT2D eigenvalue weighted by Crippen LogP contribution is -2.00. The maximum Gasteiger partial charge on any atom is 0.118 e. The van der Waals surface area contributed by atoms with Crippen LogP contribution in [0.1, 0.15) is 37.3 Å². The highest BCUT2D eigenvalue weighted by atomic mass is 16.6. The van der Waals surface area contributed by atoms with Crippen molar-refractivity contribution in [1.29, 1.82) is 0 Å². The summed E-state index contributed by atoms with van der Waals surface area (Å²) in [5, 5.41) is 9.44. The van der Waals surface area contributed by atoms with Crippen LogP contribution in [0.3, 0.4) is 0 Å². The highest BCUT2D eigenvalue weighted by molar-refractivity contribution is 5.36. The monoisotopic (exact) mass is 206 g/mol. The third-order valence-electron chi connectivity index (χ3n) is 3.21. The number of hydrogen-bond acceptors (Lipinski definition) is 2. The molecule has 2 heteroatoms. The predicted molar refractivity (Wildman–Crippen MR) is 60.2 cm³/mol. The Bertz CT molecular complexity index is 360. The Morgan fingerprint density at radius 3 is 2.67 bits per heavy atom. The van der Waals surface area contributed by atoms with Crippen molar-refractivity contribution in [3.05, 3.63) is 29.3 Å². The van der Waals surface area contributed by atoms with Crippen LogP contribution in [0.4, 0.5) is 0 Å². The molecule has 2 rings (SSSR count). The van der Waals surface area contributed by atoms with E-state index in [1.165, 1.54) is 5.56 Å². The Hall–Kier alpha value is -1.02. The number of epoxide rings is 1. The molecule has 1 aromatic carbocycles. The molecule has 1 aromatic rings. The van der Waals surface area contributed by atoms with Gasteiger partial charge in [-0.25, -0.2) is 0 Å². The summed E-state index contributed by atoms with van der Waals surface area (Å²) in [4.78, 5) is 0. The van der Waals surface area contributed by atoms with Gasteiger partial charge in [-0.1, -0.05) is 19.1 Å². The first-order valence-electron chi connectivity index (χ1n) is 5.53. The molecule has 1 aliphatic heterocycles. The highest BCUT2D eigenvalue weighted by Crippen LogP contribution is 2.33. The van der Waals surface area contributed by atoms with Gasteiger partial charge in [-0.3, -0.25) is 0 Å². The number of phenols is 1. The van der Waals surface area contributed by atoms with Crippen molar-refractivity contribution in [3.63, 3.8) is 0 Å². The Morgan fingerprint density at radius 2 is 2.13 bits per heavy atom. The van der Waals surface area contributed by atoms with Crippen LogP contribution < -0.4 is 0 Å². The molecule has 82 valence electrons. The number of aryl methyl sites for hydroxylation is 1. The first-order chi connectivity index (χ1) is 7.08. The summed E-state index contributed by atoms with van der Waals surface area (Å²) in [5.74, 6) is 0.876. The molecule has 15 heavy (non-hydrogen) atoms. The molecule has 0 saturated carbocycles. The zero-order valence-electron chi connectivity index (χ0n) is 9.53. The number of ether oxygens (including phenoxy) is 1. The summed E-state index contributed by atoms with van der Waals surface area (Å²) in [5.41, 5.74) is 2.23. The van der Waals surface area contributed by atoms with Crippen molar-refractivity contribution in [2.75, 3.05) is 0 Å². The third kappa shape index (κ3) is 2.32. The van der Waals surface area contributed by atoms with E-state index in [4.69, 9.17) is 4.74 Å². The van der Waals surface area contributed by atoms with E-state index in [0.29, 0.717) is 23.9 Å². The molecule has 3 atom stereocenters. The quantitative estimate of drug-likeness (QED) is 0.771. The minimum Gasteiger partial charge on any atom is -0.508 e. The minimum atomic E-state index is 0.377. The molecule has 0 amide bonds. The van der Waals surface area contributed by atoms with Gasteiger partial charge < -0.3 is 9.84 Å². The Balaban J connectivity index is 2.04. The van der Waals surface area contributed by atoms with Gasteiger partial charge in [0.1, 0.15) is 5.75 Å². The molecule has 0 spiro atoms. The van der Waals surface area contributed by atoms with Gasteiger partial charge in [-0.05, 0) is 43.4 Å². The van der Waals surface area contributed by atoms with E-state index in [0.717, 1.165) is 12.0 Å². The summed E-state index contributed by atoms with van der Waals surface area (Å²) >= 11 is 0. The molecule has 1 N–H and O–H groups in total. The smallest absolute Gasteiger partial charge is 0.118 e. The lowest BCUT2D eigenvalue weighted by atomic mass is 9.94. The molecule has 1 heterocycles. The molecule has 0 aliphatic carbocycles. The van der Waals surface area contributed by atoms with Gasteiger partial charge in [-0.2, -0.15) is 0 Å². The Kier molecular flexibility index (Phi) is 2.70. The van der Waals surface area contributed by atoms with E-state index in [2.05, 4.69) is 19.9 Å². The van der Waals surface area contributed by atoms with E-state index >= 15 is 0 Å². The minimum absolute atomic E-state index is 0.377. The van der Waals surface area contributed by atoms with Crippen molar-refractivity contribution >= 4 is 0 Å². The van der Waals surface area contributed by atoms with Gasteiger partial charge >= 0.3 is 0 Å². The maximum absolute atomic E-state index is 9.44. The average molecular weight is 206 g/mol. The van der Waals surface area contributed by atoms with E-state index in [9.17, 15) is 5.11 Å². The van der Waals surface area contributed by atoms with Gasteiger partial charge in [0.25, 0.3) is 0 Å². The van der Waals surface area contributed by atoms with Crippen molar-refractivity contribution in [2.45, 2.75) is 45.3 Å². The van der Waals surface area contributed by atoms with Crippen molar-refractivity contribution in [3.8, 4) is 5.75 Å². The fourth-order valence-electron chi connectivity index (χ4n) is 1.95. The van der Waals surface area contributed by atoms with Gasteiger partial charge in [0.2, 0.25) is 0 Å². The summed E-state index contributed by atoms with van der Waals surface area (Å²) in [6.07, 6.45) is 1.95. The van der Waals surface area contributed by atoms with Crippen LogP contribution in [0.2, 0.25) is 0 Å². The lowest BCUT2D eigenvalue weighted by molar-refractivity contribution is 0.362. The third-order valence-corrected chi connectivity index (χ3v) is 3.21. The molecule has 0 bridgehead atoms. The van der Waals surface area contributed by atoms with Crippen molar-refractivity contribution in [2.24, 2.45) is 0 Å². The SMILES string of the molecule is Cc1cc(C(C)CC2OC2C)ccc1O. The number of aromatic hydroxyl groups is 1. The summed E-state index contributed by atoms with van der Waals surface area (Å²) in [7, 11) is 0. The Labute approximate surface area is 90.9 Å². The first-order valence-corrected chi connectivity index (χ1v) is 5.53. The second-order valence-electron chi connectivity index (χ2n) is 4.56. The standard InChI is InChI=1S/C13H18O2/c1-8(7-13-10(3)15-13)11-4-5-12(14)9(2)6-11/h4-6,8,10,13-14H,7H2,1-3H3. The molecule has 1 fully saturated rings. The molecule has 1 saturated heterocycles. The van der Waals surface area contributed by atoms with Crippen molar-refractivity contribution < 1.29 is 9.84 Å². The second kappa shape index (κ2) is 3.86. The molecular weight excluding hydrogens is 188 g/mol. The fraction of sp³-hybridized carbons (Fsp3) is 0.538. The molecule has 0 radical (unpaired) electrons. The normalized spacial score (nSPS) is 26.3. The first kappa shape index (κ1) is 10.5. The fourth-order valence-corrected chi connectivity index (χ4v) is 1.95. The lowest BCUT2D eigenvalue weighted by Gasteiger charge is -2.11. The van der Waals surface area contributed by atoms with E-state index in [1.807, 2.05) is 13.0 Å². The van der Waals surface area contributed by atoms with Crippen LogP contribution in [0.25, 0.3) is 0 Å². The number of rotatable bonds is 3. The van der Waals surface area contributed by atoms with Crippen LogP contribution in [0.15, 0.2) is 18.2 Å². The summed E-state index contributed by atoms with van der Waals surface area (Å²) < 4.78 is 5.41. The van der Waals surface area contributed by atoms with Gasteiger partial charge in [0.15, 0.2) is 0 Å². The van der Waals surface area contributed by atoms with Crippen LogP contribution >= 0.6 is 0 Å². The van der Waals surface area contributed by atoms with E-state index < -0.39 is 0 Å². The maximum atomic E-state index is 9.44. The van der Waals surface area contributed by atoms with Gasteiger partial charge in [0, 0.05) is 0 Å². The predicted octanol–water partition coefficient (Wildman–Crippen LogP) is 2.98. The molecule has 1 aliphatic rings. The van der Waals surface area contributed by atoms with Gasteiger partial charge in [0.05, 0.1) is 12.2 Å². The van der Waals surface area contributed by atoms with Crippen LogP contribution in [0, 0.1) is 6.92 Å². The molecule has 3 unspecified atom stereocenters. The van der Waals surface area contributed by atoms with E-state index in [1.54, 1.807) is 6.07 Å². The molecular formula is C13H18O2. The van der Waals surface area contributed by atoms with Crippen molar-refractivity contribution in [1.82, 2.24) is 0 Å². The summed E-state index contributed by atoms with van der Waals surface area (Å²) in [6, 6.07) is 5.84. The van der Waals surface area contributed by atoms with E-state index in [-0.39, 0.29) is 0 Å². The van der Waals surface area contributed by atoms with Gasteiger partial charge in [-0.15, -0.1) is 0 Å². The average Bonchev–Trinajstić information content (AvgIpc) is 2.86. The number of benzene rings is 1. The highest BCUT2D eigenvalue weighted by Gasteiger charge is 2.35. The number of hydrogen-bond donors (Lipinski definition) is 1. The second-order valence-corrected chi connectivity index (χ2v) is 4.56. The van der Waals surface area contributed by atoms with Crippen LogP contribution in [-0.4, -0.2) is 17.3 Å². The zero-order chi connectivity index (χ0) is 11.0. The molecule has 0 aromatic heterocycles. The summed E-state index contributed by atoms with van der Waals surface area (Å²) in [6.45, 7) is 6.25. The number of phenolic OH excluding ortho intramolecular Hbond substituents is 1. The van der Waals surface area contributed by atoms with Crippen LogP contribution in [-0.2, 0) is 4.74 Å². The zero-order valence-corrected chi connectivity index (χ0v) is 9.53. The molecule has 2 nitrogen and oxygen atoms in total. The van der Waals surface area contributed by atoms with Crippen LogP contribution in [0.5, 0.6) is 5.75 Å². The largest absolute Gasteiger partial charge is 0.508 e. The Morgan fingerprint density at radius 1 is 1.47 bits per heavy atom.